The lowest BCUT2D eigenvalue weighted by Gasteiger charge is -2.61. The van der Waals surface area contributed by atoms with Gasteiger partial charge in [-0.25, -0.2) is 0 Å². The molecule has 4 aliphatic rings. The van der Waals surface area contributed by atoms with Crippen molar-refractivity contribution in [3.05, 3.63) is 0 Å². The van der Waals surface area contributed by atoms with Crippen molar-refractivity contribution >= 4 is 0 Å². The Morgan fingerprint density at radius 2 is 1.58 bits per heavy atom. The van der Waals surface area contributed by atoms with Crippen molar-refractivity contribution in [3.8, 4) is 0 Å². The summed E-state index contributed by atoms with van der Waals surface area (Å²) < 4.78 is 0. The number of fused-ring (bicyclic) bond motifs is 5. The predicted octanol–water partition coefficient (Wildman–Crippen LogP) is 3.36. The average Bonchev–Trinajstić information content (AvgIpc) is 2.78. The summed E-state index contributed by atoms with van der Waals surface area (Å²) in [5, 5.41) is 31.1. The highest BCUT2D eigenvalue weighted by Crippen LogP contribution is 2.67. The van der Waals surface area contributed by atoms with E-state index in [0.717, 1.165) is 31.6 Å². The summed E-state index contributed by atoms with van der Waals surface area (Å²) >= 11 is 0. The SMILES string of the molecule is C[C@@H](O)[C@@H]1[C@@H](O)C[C@@H]2[C@H]3CC[C@H]4C[C@@H](O)CC[C@]4(C)[C@@H]3CC[C@]12C. The van der Waals surface area contributed by atoms with E-state index in [0.29, 0.717) is 23.2 Å². The summed E-state index contributed by atoms with van der Waals surface area (Å²) in [6.45, 7) is 6.72. The van der Waals surface area contributed by atoms with Gasteiger partial charge in [0.25, 0.3) is 0 Å². The van der Waals surface area contributed by atoms with Gasteiger partial charge in [-0.1, -0.05) is 13.8 Å². The van der Waals surface area contributed by atoms with Gasteiger partial charge in [-0.2, -0.15) is 0 Å². The molecule has 3 nitrogen and oxygen atoms in total. The molecule has 0 unspecified atom stereocenters. The molecule has 0 aromatic rings. The Bertz CT molecular complexity index is 491. The zero-order chi connectivity index (χ0) is 17.3. The third-order valence-corrected chi connectivity index (χ3v) is 9.27. The molecule has 0 aromatic carbocycles. The van der Waals surface area contributed by atoms with Crippen LogP contribution in [-0.4, -0.2) is 33.6 Å². The molecule has 138 valence electrons. The first kappa shape index (κ1) is 17.3. The normalized spacial score (nSPS) is 58.5. The molecule has 4 aliphatic carbocycles. The van der Waals surface area contributed by atoms with E-state index in [1.165, 1.54) is 25.7 Å². The highest BCUT2D eigenvalue weighted by molar-refractivity contribution is 5.11. The fraction of sp³-hybridized carbons (Fsp3) is 1.00. The standard InChI is InChI=1S/C21H36O3/c1-12(22)19-18(24)11-17-15-5-4-13-10-14(23)6-8-20(13,2)16(15)7-9-21(17,19)3/h12-19,22-24H,4-11H2,1-3H3/t12-,13+,14+,15+,16-,17-,18+,19-,20+,21+/m1/s1. The molecule has 4 rings (SSSR count). The lowest BCUT2D eigenvalue weighted by molar-refractivity contribution is -0.133. The zero-order valence-electron chi connectivity index (χ0n) is 15.6. The molecule has 10 atom stereocenters. The summed E-state index contributed by atoms with van der Waals surface area (Å²) in [4.78, 5) is 0. The number of rotatable bonds is 1. The first-order valence-electron chi connectivity index (χ1n) is 10.3. The highest BCUT2D eigenvalue weighted by Gasteiger charge is 2.62. The molecule has 3 N–H and O–H groups in total. The average molecular weight is 337 g/mol. The van der Waals surface area contributed by atoms with Crippen LogP contribution in [0.3, 0.4) is 0 Å². The Morgan fingerprint density at radius 1 is 0.875 bits per heavy atom. The highest BCUT2D eigenvalue weighted by atomic mass is 16.3. The van der Waals surface area contributed by atoms with E-state index < -0.39 is 6.10 Å². The molecule has 0 bridgehead atoms. The summed E-state index contributed by atoms with van der Waals surface area (Å²) in [5.74, 6) is 2.75. The van der Waals surface area contributed by atoms with E-state index in [1.807, 2.05) is 6.92 Å². The maximum absolute atomic E-state index is 10.7. The Morgan fingerprint density at radius 3 is 2.29 bits per heavy atom. The second kappa shape index (κ2) is 5.69. The van der Waals surface area contributed by atoms with Gasteiger partial charge in [0, 0.05) is 5.92 Å². The minimum Gasteiger partial charge on any atom is -0.393 e. The lowest BCUT2D eigenvalue weighted by Crippen LogP contribution is -2.54. The second-order valence-electron chi connectivity index (χ2n) is 10.2. The van der Waals surface area contributed by atoms with Crippen molar-refractivity contribution in [1.82, 2.24) is 0 Å². The number of aliphatic hydroxyl groups is 3. The molecule has 0 radical (unpaired) electrons. The fourth-order valence-electron chi connectivity index (χ4n) is 8.16. The smallest absolute Gasteiger partial charge is 0.0601 e. The third-order valence-electron chi connectivity index (χ3n) is 9.27. The van der Waals surface area contributed by atoms with E-state index in [1.54, 1.807) is 0 Å². The molecular weight excluding hydrogens is 300 g/mol. The Labute approximate surface area is 146 Å². The first-order chi connectivity index (χ1) is 11.3. The number of aliphatic hydroxyl groups excluding tert-OH is 3. The van der Waals surface area contributed by atoms with E-state index in [9.17, 15) is 15.3 Å². The van der Waals surface area contributed by atoms with Crippen molar-refractivity contribution in [2.24, 2.45) is 40.4 Å². The van der Waals surface area contributed by atoms with Crippen molar-refractivity contribution in [2.75, 3.05) is 0 Å². The molecule has 0 saturated heterocycles. The summed E-state index contributed by atoms with van der Waals surface area (Å²) in [6.07, 6.45) is 8.10. The van der Waals surface area contributed by atoms with Crippen LogP contribution in [0.25, 0.3) is 0 Å². The zero-order valence-corrected chi connectivity index (χ0v) is 15.6. The topological polar surface area (TPSA) is 60.7 Å². The molecule has 0 aromatic heterocycles. The maximum atomic E-state index is 10.7. The minimum atomic E-state index is -0.414. The van der Waals surface area contributed by atoms with Gasteiger partial charge in [-0.05, 0) is 92.8 Å². The minimum absolute atomic E-state index is 0.0437. The number of hydrogen-bond donors (Lipinski definition) is 3. The van der Waals surface area contributed by atoms with Gasteiger partial charge in [0.2, 0.25) is 0 Å². The monoisotopic (exact) mass is 336 g/mol. The van der Waals surface area contributed by atoms with E-state index in [4.69, 9.17) is 0 Å². The van der Waals surface area contributed by atoms with Crippen molar-refractivity contribution in [3.63, 3.8) is 0 Å². The van der Waals surface area contributed by atoms with Crippen LogP contribution in [0.5, 0.6) is 0 Å². The molecule has 3 heteroatoms. The van der Waals surface area contributed by atoms with E-state index in [-0.39, 0.29) is 23.5 Å². The van der Waals surface area contributed by atoms with Crippen LogP contribution in [0.2, 0.25) is 0 Å². The van der Waals surface area contributed by atoms with Gasteiger partial charge in [0.15, 0.2) is 0 Å². The fourth-order valence-corrected chi connectivity index (χ4v) is 8.16. The van der Waals surface area contributed by atoms with Crippen LogP contribution < -0.4 is 0 Å². The quantitative estimate of drug-likeness (QED) is 0.688. The van der Waals surface area contributed by atoms with Crippen LogP contribution >= 0.6 is 0 Å². The van der Waals surface area contributed by atoms with Crippen molar-refractivity contribution < 1.29 is 15.3 Å². The lowest BCUT2D eigenvalue weighted by atomic mass is 9.44. The molecular formula is C21H36O3. The van der Waals surface area contributed by atoms with Crippen LogP contribution in [0.1, 0.15) is 72.1 Å². The van der Waals surface area contributed by atoms with Crippen LogP contribution in [0.15, 0.2) is 0 Å². The summed E-state index contributed by atoms with van der Waals surface area (Å²) in [5.41, 5.74) is 0.490. The van der Waals surface area contributed by atoms with Crippen LogP contribution in [-0.2, 0) is 0 Å². The second-order valence-corrected chi connectivity index (χ2v) is 10.2. The molecule has 0 aliphatic heterocycles. The van der Waals surface area contributed by atoms with Gasteiger partial charge < -0.3 is 15.3 Å². The molecule has 4 fully saturated rings. The van der Waals surface area contributed by atoms with E-state index >= 15 is 0 Å². The van der Waals surface area contributed by atoms with Crippen LogP contribution in [0, 0.1) is 40.4 Å². The van der Waals surface area contributed by atoms with Crippen LogP contribution in [0.4, 0.5) is 0 Å². The van der Waals surface area contributed by atoms with Gasteiger partial charge >= 0.3 is 0 Å². The third kappa shape index (κ3) is 2.27. The molecule has 0 amide bonds. The van der Waals surface area contributed by atoms with E-state index in [2.05, 4.69) is 13.8 Å². The Kier molecular flexibility index (Phi) is 4.10. The molecule has 24 heavy (non-hydrogen) atoms. The summed E-state index contributed by atoms with van der Waals surface area (Å²) in [7, 11) is 0. The molecule has 0 heterocycles. The van der Waals surface area contributed by atoms with Crippen molar-refractivity contribution in [2.45, 2.75) is 90.4 Å². The maximum Gasteiger partial charge on any atom is 0.0601 e. The summed E-state index contributed by atoms with van der Waals surface area (Å²) in [6, 6.07) is 0. The van der Waals surface area contributed by atoms with Gasteiger partial charge in [0.05, 0.1) is 18.3 Å². The molecule has 0 spiro atoms. The van der Waals surface area contributed by atoms with Gasteiger partial charge in [-0.15, -0.1) is 0 Å². The van der Waals surface area contributed by atoms with Crippen molar-refractivity contribution in [1.29, 1.82) is 0 Å². The Balaban J connectivity index is 1.63. The van der Waals surface area contributed by atoms with Gasteiger partial charge in [0.1, 0.15) is 0 Å². The number of hydrogen-bond acceptors (Lipinski definition) is 3. The first-order valence-corrected chi connectivity index (χ1v) is 10.3. The molecule has 4 saturated carbocycles. The largest absolute Gasteiger partial charge is 0.393 e. The Hall–Kier alpha value is -0.120. The van der Waals surface area contributed by atoms with Gasteiger partial charge in [-0.3, -0.25) is 0 Å². The predicted molar refractivity (Wildman–Crippen MR) is 94.3 cm³/mol.